The first-order valence-corrected chi connectivity index (χ1v) is 4.63. The van der Waals surface area contributed by atoms with E-state index < -0.39 is 0 Å². The van der Waals surface area contributed by atoms with Crippen molar-refractivity contribution in [2.75, 3.05) is 0 Å². The molecule has 0 unspecified atom stereocenters. The molecule has 0 heterocycles. The summed E-state index contributed by atoms with van der Waals surface area (Å²) < 4.78 is 0. The van der Waals surface area contributed by atoms with Crippen molar-refractivity contribution in [2.24, 2.45) is 11.7 Å². The second kappa shape index (κ2) is 3.24. The first-order valence-electron chi connectivity index (χ1n) is 4.63. The lowest BCUT2D eigenvalue weighted by atomic mass is 10.0. The Morgan fingerprint density at radius 3 is 2.85 bits per heavy atom. The number of hydrogen-bond donors (Lipinski definition) is 1. The summed E-state index contributed by atoms with van der Waals surface area (Å²) in [4.78, 5) is 0. The number of hydrogen-bond acceptors (Lipinski definition) is 1. The molecule has 2 rings (SSSR count). The maximum atomic E-state index is 6.06. The molecule has 1 heteroatoms. The van der Waals surface area contributed by atoms with Gasteiger partial charge in [0.25, 0.3) is 0 Å². The first-order chi connectivity index (χ1) is 6.31. The van der Waals surface area contributed by atoms with Crippen molar-refractivity contribution < 1.29 is 0 Å². The minimum atomic E-state index is 0.188. The average Bonchev–Trinajstić information content (AvgIpc) is 3.00. The molecule has 1 aliphatic carbocycles. The molecule has 0 amide bonds. The van der Waals surface area contributed by atoms with Crippen molar-refractivity contribution in [1.29, 1.82) is 0 Å². The fourth-order valence-corrected chi connectivity index (χ4v) is 1.56. The summed E-state index contributed by atoms with van der Waals surface area (Å²) in [5.74, 6) is 3.31. The maximum absolute atomic E-state index is 6.06. The summed E-state index contributed by atoms with van der Waals surface area (Å²) in [7, 11) is 0. The third-order valence-corrected chi connectivity index (χ3v) is 2.57. The van der Waals surface area contributed by atoms with Crippen LogP contribution in [0.5, 0.6) is 0 Å². The van der Waals surface area contributed by atoms with Gasteiger partial charge in [0.2, 0.25) is 0 Å². The zero-order chi connectivity index (χ0) is 9.26. The number of benzene rings is 1. The van der Waals surface area contributed by atoms with Crippen LogP contribution in [0.2, 0.25) is 0 Å². The van der Waals surface area contributed by atoms with Crippen LogP contribution in [0.15, 0.2) is 24.3 Å². The lowest BCUT2D eigenvalue weighted by molar-refractivity contribution is 0.633. The van der Waals surface area contributed by atoms with Crippen molar-refractivity contribution in [3.05, 3.63) is 35.4 Å². The van der Waals surface area contributed by atoms with Gasteiger partial charge in [-0.1, -0.05) is 18.1 Å². The highest BCUT2D eigenvalue weighted by Crippen LogP contribution is 2.39. The van der Waals surface area contributed by atoms with Gasteiger partial charge >= 0.3 is 0 Å². The van der Waals surface area contributed by atoms with Gasteiger partial charge < -0.3 is 5.73 Å². The van der Waals surface area contributed by atoms with Crippen molar-refractivity contribution in [3.8, 4) is 12.3 Å². The van der Waals surface area contributed by atoms with E-state index in [2.05, 4.69) is 12.0 Å². The van der Waals surface area contributed by atoms with Gasteiger partial charge in [-0.05, 0) is 36.5 Å². The highest BCUT2D eigenvalue weighted by atomic mass is 14.7. The summed E-state index contributed by atoms with van der Waals surface area (Å²) in [6.45, 7) is 0. The van der Waals surface area contributed by atoms with Crippen LogP contribution in [0.3, 0.4) is 0 Å². The standard InChI is InChI=1S/C12H13N/c1-2-9-4-3-5-11(8-9)12(13)10-6-7-10/h1,3-5,8,10,12H,6-7,13H2/t12-/m0/s1. The van der Waals surface area contributed by atoms with Crippen LogP contribution in [0.4, 0.5) is 0 Å². The summed E-state index contributed by atoms with van der Waals surface area (Å²) in [5, 5.41) is 0. The van der Waals surface area contributed by atoms with Crippen molar-refractivity contribution in [1.82, 2.24) is 0 Å². The van der Waals surface area contributed by atoms with Crippen LogP contribution >= 0.6 is 0 Å². The lowest BCUT2D eigenvalue weighted by Gasteiger charge is -2.10. The van der Waals surface area contributed by atoms with Crippen LogP contribution in [0.1, 0.15) is 30.0 Å². The number of rotatable bonds is 2. The maximum Gasteiger partial charge on any atom is 0.0323 e. The Kier molecular flexibility index (Phi) is 2.08. The van der Waals surface area contributed by atoms with Gasteiger partial charge in [0, 0.05) is 11.6 Å². The molecule has 1 fully saturated rings. The van der Waals surface area contributed by atoms with E-state index in [0.717, 1.165) is 5.56 Å². The van der Waals surface area contributed by atoms with Crippen LogP contribution in [0, 0.1) is 18.3 Å². The fourth-order valence-electron chi connectivity index (χ4n) is 1.56. The quantitative estimate of drug-likeness (QED) is 0.677. The molecule has 0 radical (unpaired) electrons. The molecule has 2 N–H and O–H groups in total. The van der Waals surface area contributed by atoms with E-state index in [0.29, 0.717) is 5.92 Å². The van der Waals surface area contributed by atoms with E-state index in [9.17, 15) is 0 Å². The largest absolute Gasteiger partial charge is 0.324 e. The molecule has 0 spiro atoms. The molecular formula is C12H13N. The third kappa shape index (κ3) is 1.74. The zero-order valence-corrected chi connectivity index (χ0v) is 7.53. The van der Waals surface area contributed by atoms with Crippen molar-refractivity contribution in [2.45, 2.75) is 18.9 Å². The van der Waals surface area contributed by atoms with Gasteiger partial charge in [-0.3, -0.25) is 0 Å². The van der Waals surface area contributed by atoms with Crippen LogP contribution in [-0.4, -0.2) is 0 Å². The second-order valence-corrected chi connectivity index (χ2v) is 3.63. The van der Waals surface area contributed by atoms with Crippen LogP contribution < -0.4 is 5.73 Å². The molecule has 0 bridgehead atoms. The number of terminal acetylenes is 1. The summed E-state index contributed by atoms with van der Waals surface area (Å²) >= 11 is 0. The smallest absolute Gasteiger partial charge is 0.0323 e. The normalized spacial score (nSPS) is 17.8. The van der Waals surface area contributed by atoms with Crippen molar-refractivity contribution >= 4 is 0 Å². The SMILES string of the molecule is C#Cc1cccc([C@@H](N)C2CC2)c1. The summed E-state index contributed by atoms with van der Waals surface area (Å²) in [5.41, 5.74) is 8.16. The topological polar surface area (TPSA) is 26.0 Å². The molecule has 1 aromatic rings. The van der Waals surface area contributed by atoms with E-state index in [1.165, 1.54) is 18.4 Å². The van der Waals surface area contributed by atoms with Gasteiger partial charge in [-0.15, -0.1) is 6.42 Å². The van der Waals surface area contributed by atoms with Crippen molar-refractivity contribution in [3.63, 3.8) is 0 Å². The summed E-state index contributed by atoms with van der Waals surface area (Å²) in [6, 6.07) is 8.18. The highest BCUT2D eigenvalue weighted by molar-refractivity contribution is 5.36. The Bertz CT molecular complexity index is 344. The molecule has 1 aliphatic rings. The highest BCUT2D eigenvalue weighted by Gasteiger charge is 2.29. The Morgan fingerprint density at radius 1 is 1.46 bits per heavy atom. The lowest BCUT2D eigenvalue weighted by Crippen LogP contribution is -2.12. The molecule has 1 nitrogen and oxygen atoms in total. The molecular weight excluding hydrogens is 158 g/mol. The summed E-state index contributed by atoms with van der Waals surface area (Å²) in [6.07, 6.45) is 7.85. The Hall–Kier alpha value is -1.26. The second-order valence-electron chi connectivity index (χ2n) is 3.63. The Labute approximate surface area is 79.0 Å². The number of nitrogens with two attached hydrogens (primary N) is 1. The monoisotopic (exact) mass is 171 g/mol. The molecule has 66 valence electrons. The first kappa shape index (κ1) is 8.34. The molecule has 0 aliphatic heterocycles. The molecule has 13 heavy (non-hydrogen) atoms. The van der Waals surface area contributed by atoms with Gasteiger partial charge in [-0.2, -0.15) is 0 Å². The fraction of sp³-hybridized carbons (Fsp3) is 0.333. The van der Waals surface area contributed by atoms with Crippen LogP contribution in [0.25, 0.3) is 0 Å². The molecule has 1 atom stereocenters. The Morgan fingerprint density at radius 2 is 2.23 bits per heavy atom. The van der Waals surface area contributed by atoms with Gasteiger partial charge in [0.05, 0.1) is 0 Å². The predicted octanol–water partition coefficient (Wildman–Crippen LogP) is 2.08. The molecule has 1 aromatic carbocycles. The molecule has 0 saturated heterocycles. The van der Waals surface area contributed by atoms with E-state index in [4.69, 9.17) is 12.2 Å². The van der Waals surface area contributed by atoms with E-state index in [1.54, 1.807) is 0 Å². The van der Waals surface area contributed by atoms with E-state index in [-0.39, 0.29) is 6.04 Å². The average molecular weight is 171 g/mol. The van der Waals surface area contributed by atoms with Crippen LogP contribution in [-0.2, 0) is 0 Å². The minimum Gasteiger partial charge on any atom is -0.324 e. The minimum absolute atomic E-state index is 0.188. The van der Waals surface area contributed by atoms with Gasteiger partial charge in [0.1, 0.15) is 0 Å². The van der Waals surface area contributed by atoms with E-state index >= 15 is 0 Å². The molecule has 0 aromatic heterocycles. The zero-order valence-electron chi connectivity index (χ0n) is 7.53. The van der Waals surface area contributed by atoms with Gasteiger partial charge in [-0.25, -0.2) is 0 Å². The molecule has 1 saturated carbocycles. The third-order valence-electron chi connectivity index (χ3n) is 2.57. The predicted molar refractivity (Wildman–Crippen MR) is 54.0 cm³/mol. The van der Waals surface area contributed by atoms with Gasteiger partial charge in [0.15, 0.2) is 0 Å². The van der Waals surface area contributed by atoms with E-state index in [1.807, 2.05) is 18.2 Å². The Balaban J connectivity index is 2.24.